The lowest BCUT2D eigenvalue weighted by Crippen LogP contribution is -2.32. The number of methoxy groups -OCH3 is 1. The summed E-state index contributed by atoms with van der Waals surface area (Å²) < 4.78 is 7.07. The zero-order chi connectivity index (χ0) is 12.7. The second kappa shape index (κ2) is 7.12. The molecule has 17 heavy (non-hydrogen) atoms. The van der Waals surface area contributed by atoms with E-state index in [2.05, 4.69) is 0 Å². The Morgan fingerprint density at radius 2 is 2.29 bits per heavy atom. The molecule has 1 amide bonds. The van der Waals surface area contributed by atoms with Gasteiger partial charge in [-0.2, -0.15) is 0 Å². The molecule has 0 N–H and O–H groups in total. The summed E-state index contributed by atoms with van der Waals surface area (Å²) in [5.74, 6) is 0.197. The van der Waals surface area contributed by atoms with E-state index in [0.717, 1.165) is 18.7 Å². The number of aryl methyl sites for hydroxylation is 1. The van der Waals surface area contributed by atoms with Crippen molar-refractivity contribution in [2.24, 2.45) is 7.05 Å². The van der Waals surface area contributed by atoms with Crippen LogP contribution in [0.15, 0.2) is 18.3 Å². The Morgan fingerprint density at radius 3 is 2.82 bits per heavy atom. The molecule has 0 spiro atoms. The number of rotatable bonds is 7. The summed E-state index contributed by atoms with van der Waals surface area (Å²) in [6.07, 6.45) is 3.43. The van der Waals surface area contributed by atoms with Crippen molar-refractivity contribution in [1.29, 1.82) is 0 Å². The van der Waals surface area contributed by atoms with Gasteiger partial charge in [-0.15, -0.1) is 0 Å². The first-order valence-electron chi connectivity index (χ1n) is 6.06. The molecule has 0 unspecified atom stereocenters. The lowest BCUT2D eigenvalue weighted by molar-refractivity contribution is -0.131. The van der Waals surface area contributed by atoms with Crippen molar-refractivity contribution in [3.8, 4) is 0 Å². The molecule has 1 rings (SSSR count). The van der Waals surface area contributed by atoms with Crippen molar-refractivity contribution in [3.05, 3.63) is 24.0 Å². The second-order valence-corrected chi connectivity index (χ2v) is 4.13. The Balaban J connectivity index is 2.57. The van der Waals surface area contributed by atoms with Crippen molar-refractivity contribution in [3.63, 3.8) is 0 Å². The van der Waals surface area contributed by atoms with Crippen LogP contribution in [0.5, 0.6) is 0 Å². The normalized spacial score (nSPS) is 10.5. The molecule has 4 heteroatoms. The van der Waals surface area contributed by atoms with Gasteiger partial charge in [0.1, 0.15) is 0 Å². The van der Waals surface area contributed by atoms with E-state index in [1.54, 1.807) is 7.11 Å². The summed E-state index contributed by atoms with van der Waals surface area (Å²) in [5.41, 5.74) is 1.16. The van der Waals surface area contributed by atoms with E-state index < -0.39 is 0 Å². The van der Waals surface area contributed by atoms with Gasteiger partial charge in [0.25, 0.3) is 0 Å². The maximum atomic E-state index is 11.8. The zero-order valence-corrected chi connectivity index (χ0v) is 11.0. The first kappa shape index (κ1) is 13.8. The summed E-state index contributed by atoms with van der Waals surface area (Å²) in [7, 11) is 3.68. The van der Waals surface area contributed by atoms with E-state index in [0.29, 0.717) is 19.6 Å². The minimum atomic E-state index is 0.197. The predicted octanol–water partition coefficient (Wildman–Crippen LogP) is 1.80. The molecule has 1 aromatic rings. The van der Waals surface area contributed by atoms with Gasteiger partial charge in [0.15, 0.2) is 0 Å². The van der Waals surface area contributed by atoms with Crippen molar-refractivity contribution >= 4 is 5.91 Å². The fraction of sp³-hybridized carbons (Fsp3) is 0.615. The Bertz CT molecular complexity index is 347. The third kappa shape index (κ3) is 4.23. The van der Waals surface area contributed by atoms with Gasteiger partial charge in [0.05, 0.1) is 6.54 Å². The van der Waals surface area contributed by atoms with Gasteiger partial charge in [-0.1, -0.05) is 6.92 Å². The van der Waals surface area contributed by atoms with E-state index in [9.17, 15) is 4.79 Å². The largest absolute Gasteiger partial charge is 0.385 e. The standard InChI is InChI=1S/C13H22N2O2/c1-4-13(16)15(9-6-10-17-3)11-12-7-5-8-14(12)2/h5,7-8H,4,6,9-11H2,1-3H3. The Kier molecular flexibility index (Phi) is 5.77. The molecule has 1 heterocycles. The number of hydrogen-bond donors (Lipinski definition) is 0. The van der Waals surface area contributed by atoms with Crippen molar-refractivity contribution < 1.29 is 9.53 Å². The van der Waals surface area contributed by atoms with Crippen LogP contribution in [-0.2, 0) is 23.1 Å². The van der Waals surface area contributed by atoms with Crippen molar-refractivity contribution in [2.45, 2.75) is 26.3 Å². The smallest absolute Gasteiger partial charge is 0.222 e. The van der Waals surface area contributed by atoms with Gasteiger partial charge in [0.2, 0.25) is 5.91 Å². The molecule has 0 radical (unpaired) electrons. The molecule has 96 valence electrons. The summed E-state index contributed by atoms with van der Waals surface area (Å²) in [5, 5.41) is 0. The van der Waals surface area contributed by atoms with Crippen LogP contribution in [0.3, 0.4) is 0 Å². The van der Waals surface area contributed by atoms with Crippen LogP contribution in [0.25, 0.3) is 0 Å². The van der Waals surface area contributed by atoms with Crippen molar-refractivity contribution in [1.82, 2.24) is 9.47 Å². The van der Waals surface area contributed by atoms with E-state index in [4.69, 9.17) is 4.74 Å². The van der Waals surface area contributed by atoms with Gasteiger partial charge < -0.3 is 14.2 Å². The van der Waals surface area contributed by atoms with Gasteiger partial charge in [-0.05, 0) is 18.6 Å². The van der Waals surface area contributed by atoms with Gasteiger partial charge in [-0.25, -0.2) is 0 Å². The van der Waals surface area contributed by atoms with Gasteiger partial charge in [-0.3, -0.25) is 4.79 Å². The SMILES string of the molecule is CCC(=O)N(CCCOC)Cc1cccn1C. The lowest BCUT2D eigenvalue weighted by atomic mass is 10.3. The van der Waals surface area contributed by atoms with E-state index in [1.165, 1.54) is 0 Å². The number of amides is 1. The number of carbonyl (C=O) groups is 1. The maximum Gasteiger partial charge on any atom is 0.222 e. The van der Waals surface area contributed by atoms with E-state index >= 15 is 0 Å². The minimum Gasteiger partial charge on any atom is -0.385 e. The highest BCUT2D eigenvalue weighted by Crippen LogP contribution is 2.07. The first-order chi connectivity index (χ1) is 8.19. The molecular weight excluding hydrogens is 216 g/mol. The molecule has 0 saturated heterocycles. The number of hydrogen-bond acceptors (Lipinski definition) is 2. The summed E-state index contributed by atoms with van der Waals surface area (Å²) in [6.45, 7) is 4.03. The van der Waals surface area contributed by atoms with Crippen LogP contribution >= 0.6 is 0 Å². The number of nitrogens with zero attached hydrogens (tertiary/aromatic N) is 2. The summed E-state index contributed by atoms with van der Waals surface area (Å²) in [6, 6.07) is 4.05. The lowest BCUT2D eigenvalue weighted by Gasteiger charge is -2.22. The molecule has 1 aromatic heterocycles. The average Bonchev–Trinajstić information content (AvgIpc) is 2.73. The Labute approximate surface area is 103 Å². The fourth-order valence-electron chi connectivity index (χ4n) is 1.77. The van der Waals surface area contributed by atoms with Crippen LogP contribution < -0.4 is 0 Å². The van der Waals surface area contributed by atoms with Crippen LogP contribution in [0, 0.1) is 0 Å². The molecule has 0 aliphatic carbocycles. The average molecular weight is 238 g/mol. The van der Waals surface area contributed by atoms with E-state index in [1.807, 2.05) is 41.8 Å². The molecule has 0 aliphatic rings. The minimum absolute atomic E-state index is 0.197. The first-order valence-corrected chi connectivity index (χ1v) is 6.06. The number of ether oxygens (including phenoxy) is 1. The third-order valence-corrected chi connectivity index (χ3v) is 2.84. The third-order valence-electron chi connectivity index (χ3n) is 2.84. The topological polar surface area (TPSA) is 34.5 Å². The summed E-state index contributed by atoms with van der Waals surface area (Å²) in [4.78, 5) is 13.7. The molecule has 0 fully saturated rings. The van der Waals surface area contributed by atoms with Crippen LogP contribution in [0.4, 0.5) is 0 Å². The Morgan fingerprint density at radius 1 is 1.53 bits per heavy atom. The monoisotopic (exact) mass is 238 g/mol. The molecule has 0 aromatic carbocycles. The van der Waals surface area contributed by atoms with Crippen LogP contribution in [0.2, 0.25) is 0 Å². The number of carbonyl (C=O) groups excluding carboxylic acids is 1. The van der Waals surface area contributed by atoms with Gasteiger partial charge in [0, 0.05) is 45.6 Å². The maximum absolute atomic E-state index is 11.8. The molecule has 0 aliphatic heterocycles. The van der Waals surface area contributed by atoms with Crippen LogP contribution in [-0.4, -0.2) is 35.6 Å². The Hall–Kier alpha value is -1.29. The molecule has 0 atom stereocenters. The second-order valence-electron chi connectivity index (χ2n) is 4.13. The quantitative estimate of drug-likeness (QED) is 0.679. The molecule has 0 saturated carbocycles. The highest BCUT2D eigenvalue weighted by Gasteiger charge is 2.12. The van der Waals surface area contributed by atoms with Gasteiger partial charge >= 0.3 is 0 Å². The number of aromatic nitrogens is 1. The van der Waals surface area contributed by atoms with Crippen molar-refractivity contribution in [2.75, 3.05) is 20.3 Å². The molecule has 4 nitrogen and oxygen atoms in total. The van der Waals surface area contributed by atoms with E-state index in [-0.39, 0.29) is 5.91 Å². The highest BCUT2D eigenvalue weighted by molar-refractivity contribution is 5.75. The van der Waals surface area contributed by atoms with Crippen LogP contribution in [0.1, 0.15) is 25.5 Å². The zero-order valence-electron chi connectivity index (χ0n) is 11.0. The highest BCUT2D eigenvalue weighted by atomic mass is 16.5. The fourth-order valence-corrected chi connectivity index (χ4v) is 1.77. The molecule has 0 bridgehead atoms. The summed E-state index contributed by atoms with van der Waals surface area (Å²) >= 11 is 0. The molecular formula is C13H22N2O2. The predicted molar refractivity (Wildman–Crippen MR) is 67.6 cm³/mol.